The molecule has 3 rings (SSSR count). The smallest absolute Gasteiger partial charge is 0.416 e. The Morgan fingerprint density at radius 1 is 1.25 bits per heavy atom. The summed E-state index contributed by atoms with van der Waals surface area (Å²) in [5.74, 6) is -1.77. The summed E-state index contributed by atoms with van der Waals surface area (Å²) in [6.07, 6.45) is -2.32. The van der Waals surface area contributed by atoms with Gasteiger partial charge in [0.2, 0.25) is 5.91 Å². The number of carbonyl (C=O) groups excluding carboxylic acids is 1. The fourth-order valence-corrected chi connectivity index (χ4v) is 3.41. The number of carbonyl (C=O) groups is 2. The molecule has 1 aromatic rings. The van der Waals surface area contributed by atoms with Crippen LogP contribution < -0.4 is 0 Å². The molecule has 1 heterocycles. The second kappa shape index (κ2) is 5.79. The van der Waals surface area contributed by atoms with Crippen LogP contribution in [-0.2, 0) is 21.2 Å². The van der Waals surface area contributed by atoms with Gasteiger partial charge in [-0.05, 0) is 37.3 Å². The van der Waals surface area contributed by atoms with Gasteiger partial charge in [0.05, 0.1) is 16.9 Å². The number of halogens is 3. The maximum Gasteiger partial charge on any atom is 0.416 e. The molecule has 1 N–H and O–H groups in total. The molecule has 1 unspecified atom stereocenters. The molecular formula is C17H18F3NO3. The Bertz CT molecular complexity index is 667. The summed E-state index contributed by atoms with van der Waals surface area (Å²) < 4.78 is 38.7. The topological polar surface area (TPSA) is 57.6 Å². The summed E-state index contributed by atoms with van der Waals surface area (Å²) >= 11 is 0. The predicted molar refractivity (Wildman–Crippen MR) is 79.3 cm³/mol. The lowest BCUT2D eigenvalue weighted by Gasteiger charge is -2.33. The van der Waals surface area contributed by atoms with E-state index in [1.807, 2.05) is 0 Å². The van der Waals surface area contributed by atoms with Crippen molar-refractivity contribution in [2.45, 2.75) is 37.3 Å². The second-order valence-corrected chi connectivity index (χ2v) is 6.59. The van der Waals surface area contributed by atoms with Crippen LogP contribution in [0.1, 0.15) is 36.8 Å². The molecule has 2 fully saturated rings. The van der Waals surface area contributed by atoms with Crippen molar-refractivity contribution in [1.29, 1.82) is 0 Å². The Kier molecular flexibility index (Phi) is 4.05. The zero-order chi connectivity index (χ0) is 17.5. The number of hydrogen-bond acceptors (Lipinski definition) is 2. The molecule has 1 aliphatic carbocycles. The van der Waals surface area contributed by atoms with Gasteiger partial charge in [-0.25, -0.2) is 0 Å². The third kappa shape index (κ3) is 2.99. The third-order valence-electron chi connectivity index (χ3n) is 4.96. The number of likely N-dealkylation sites (tertiary alicyclic amines) is 1. The number of piperidine rings is 1. The highest BCUT2D eigenvalue weighted by molar-refractivity contribution is 5.91. The maximum atomic E-state index is 12.9. The number of rotatable bonds is 3. The Balaban J connectivity index is 1.83. The minimum atomic E-state index is -4.45. The fourth-order valence-electron chi connectivity index (χ4n) is 3.41. The molecule has 24 heavy (non-hydrogen) atoms. The average molecular weight is 341 g/mol. The van der Waals surface area contributed by atoms with Crippen molar-refractivity contribution in [1.82, 2.24) is 4.90 Å². The number of benzene rings is 1. The quantitative estimate of drug-likeness (QED) is 0.919. The van der Waals surface area contributed by atoms with E-state index < -0.39 is 29.0 Å². The highest BCUT2D eigenvalue weighted by Crippen LogP contribution is 2.50. The van der Waals surface area contributed by atoms with E-state index >= 15 is 0 Å². The predicted octanol–water partition coefficient (Wildman–Crippen LogP) is 3.06. The molecule has 0 bridgehead atoms. The van der Waals surface area contributed by atoms with E-state index in [2.05, 4.69) is 0 Å². The van der Waals surface area contributed by atoms with Gasteiger partial charge < -0.3 is 10.0 Å². The van der Waals surface area contributed by atoms with Gasteiger partial charge in [-0.3, -0.25) is 9.59 Å². The van der Waals surface area contributed by atoms with Gasteiger partial charge in [-0.1, -0.05) is 18.2 Å². The molecular weight excluding hydrogens is 323 g/mol. The molecule has 0 spiro atoms. The standard InChI is InChI=1S/C17H18F3NO3/c18-17(19,20)13-5-1-4-12(9-13)16(6-7-16)15(24)21-8-2-3-11(10-21)14(22)23/h1,4-5,9,11H,2-3,6-8,10H2,(H,22,23). The number of hydrogen-bond donors (Lipinski definition) is 1. The highest BCUT2D eigenvalue weighted by Gasteiger charge is 2.54. The molecule has 0 radical (unpaired) electrons. The van der Waals surface area contributed by atoms with E-state index in [0.29, 0.717) is 37.8 Å². The van der Waals surface area contributed by atoms with Crippen LogP contribution >= 0.6 is 0 Å². The molecule has 130 valence electrons. The van der Waals surface area contributed by atoms with Crippen LogP contribution in [0.4, 0.5) is 13.2 Å². The van der Waals surface area contributed by atoms with Crippen LogP contribution in [0.3, 0.4) is 0 Å². The van der Waals surface area contributed by atoms with E-state index in [-0.39, 0.29) is 12.5 Å². The normalized spacial score (nSPS) is 23.0. The number of aliphatic carboxylic acids is 1. The summed E-state index contributed by atoms with van der Waals surface area (Å²) in [6.45, 7) is 0.595. The van der Waals surface area contributed by atoms with Gasteiger partial charge in [0, 0.05) is 13.1 Å². The van der Waals surface area contributed by atoms with Gasteiger partial charge in [0.15, 0.2) is 0 Å². The van der Waals surface area contributed by atoms with E-state index in [1.54, 1.807) is 6.07 Å². The molecule has 1 amide bonds. The average Bonchev–Trinajstić information content (AvgIpc) is 3.35. The molecule has 0 aromatic heterocycles. The van der Waals surface area contributed by atoms with E-state index in [4.69, 9.17) is 5.11 Å². The van der Waals surface area contributed by atoms with Gasteiger partial charge >= 0.3 is 12.1 Å². The number of carboxylic acid groups (broad SMARTS) is 1. The van der Waals surface area contributed by atoms with Crippen molar-refractivity contribution in [3.63, 3.8) is 0 Å². The lowest BCUT2D eigenvalue weighted by molar-refractivity contribution is -0.146. The van der Waals surface area contributed by atoms with Crippen molar-refractivity contribution in [3.8, 4) is 0 Å². The highest BCUT2D eigenvalue weighted by atomic mass is 19.4. The SMILES string of the molecule is O=C(O)C1CCCN(C(=O)C2(c3cccc(C(F)(F)F)c3)CC2)C1. The maximum absolute atomic E-state index is 12.9. The second-order valence-electron chi connectivity index (χ2n) is 6.59. The molecule has 1 saturated heterocycles. The van der Waals surface area contributed by atoms with E-state index in [9.17, 15) is 22.8 Å². The van der Waals surface area contributed by atoms with Crippen LogP contribution in [-0.4, -0.2) is 35.0 Å². The fraction of sp³-hybridized carbons (Fsp3) is 0.529. The summed E-state index contributed by atoms with van der Waals surface area (Å²) in [5.41, 5.74) is -1.30. The van der Waals surface area contributed by atoms with Crippen molar-refractivity contribution in [2.75, 3.05) is 13.1 Å². The first-order chi connectivity index (χ1) is 11.2. The van der Waals surface area contributed by atoms with Gasteiger partial charge in [-0.2, -0.15) is 13.2 Å². The van der Waals surface area contributed by atoms with Crippen LogP contribution in [0.2, 0.25) is 0 Å². The lowest BCUT2D eigenvalue weighted by Crippen LogP contribution is -2.46. The van der Waals surface area contributed by atoms with Crippen molar-refractivity contribution >= 4 is 11.9 Å². The first kappa shape index (κ1) is 16.8. The van der Waals surface area contributed by atoms with Crippen molar-refractivity contribution in [2.24, 2.45) is 5.92 Å². The number of nitrogens with zero attached hydrogens (tertiary/aromatic N) is 1. The number of alkyl halides is 3. The first-order valence-electron chi connectivity index (χ1n) is 7.94. The van der Waals surface area contributed by atoms with E-state index in [1.165, 1.54) is 11.0 Å². The van der Waals surface area contributed by atoms with E-state index in [0.717, 1.165) is 12.1 Å². The van der Waals surface area contributed by atoms with Crippen molar-refractivity contribution in [3.05, 3.63) is 35.4 Å². The Morgan fingerprint density at radius 2 is 1.96 bits per heavy atom. The molecule has 1 atom stereocenters. The van der Waals surface area contributed by atoms with Crippen LogP contribution in [0.15, 0.2) is 24.3 Å². The lowest BCUT2D eigenvalue weighted by atomic mass is 9.90. The molecule has 7 heteroatoms. The summed E-state index contributed by atoms with van der Waals surface area (Å²) in [7, 11) is 0. The van der Waals surface area contributed by atoms with Crippen LogP contribution in [0, 0.1) is 5.92 Å². The minimum Gasteiger partial charge on any atom is -0.481 e. The van der Waals surface area contributed by atoms with Gasteiger partial charge in [0.25, 0.3) is 0 Å². The molecule has 4 nitrogen and oxygen atoms in total. The van der Waals surface area contributed by atoms with Crippen LogP contribution in [0.25, 0.3) is 0 Å². The number of amides is 1. The number of carboxylic acids is 1. The molecule has 1 aromatic carbocycles. The minimum absolute atomic E-state index is 0.134. The first-order valence-corrected chi connectivity index (χ1v) is 7.94. The molecule has 2 aliphatic rings. The summed E-state index contributed by atoms with van der Waals surface area (Å²) in [5, 5.41) is 9.14. The third-order valence-corrected chi connectivity index (χ3v) is 4.96. The Labute approximate surface area is 137 Å². The molecule has 1 saturated carbocycles. The largest absolute Gasteiger partial charge is 0.481 e. The van der Waals surface area contributed by atoms with Crippen molar-refractivity contribution < 1.29 is 27.9 Å². The summed E-state index contributed by atoms with van der Waals surface area (Å²) in [4.78, 5) is 25.5. The zero-order valence-electron chi connectivity index (χ0n) is 13.0. The Morgan fingerprint density at radius 3 is 2.54 bits per heavy atom. The Hall–Kier alpha value is -2.05. The monoisotopic (exact) mass is 341 g/mol. The molecule has 1 aliphatic heterocycles. The van der Waals surface area contributed by atoms with Gasteiger partial charge in [0.1, 0.15) is 0 Å². The van der Waals surface area contributed by atoms with Gasteiger partial charge in [-0.15, -0.1) is 0 Å². The zero-order valence-corrected chi connectivity index (χ0v) is 13.0. The van der Waals surface area contributed by atoms with Crippen LogP contribution in [0.5, 0.6) is 0 Å². The summed E-state index contributed by atoms with van der Waals surface area (Å²) in [6, 6.07) is 4.91.